The summed E-state index contributed by atoms with van der Waals surface area (Å²) in [5, 5.41) is 10.4. The Kier molecular flexibility index (Phi) is 8.05. The fraction of sp³-hybridized carbons (Fsp3) is 0.562. The Balaban J connectivity index is 2.70. The number of thioether (sulfide) groups is 1. The second-order valence-corrected chi connectivity index (χ2v) is 7.10. The number of non-ortho nitro benzene ring substituents is 1. The SMILES string of the molecule is COCCN(CC(C)C)C(=O)C(C)Sc1ccc([N+](=O)[O-])cc1. The van der Waals surface area contributed by atoms with Crippen molar-refractivity contribution in [3.63, 3.8) is 0 Å². The number of benzene rings is 1. The van der Waals surface area contributed by atoms with Gasteiger partial charge in [-0.3, -0.25) is 14.9 Å². The van der Waals surface area contributed by atoms with E-state index in [-0.39, 0.29) is 16.8 Å². The van der Waals surface area contributed by atoms with E-state index in [2.05, 4.69) is 13.8 Å². The average Bonchev–Trinajstić information content (AvgIpc) is 2.50. The highest BCUT2D eigenvalue weighted by Gasteiger charge is 2.22. The fourth-order valence-electron chi connectivity index (χ4n) is 2.09. The molecule has 7 heteroatoms. The van der Waals surface area contributed by atoms with E-state index in [1.54, 1.807) is 19.2 Å². The van der Waals surface area contributed by atoms with Crippen molar-refractivity contribution in [3.8, 4) is 0 Å². The van der Waals surface area contributed by atoms with Crippen molar-refractivity contribution < 1.29 is 14.5 Å². The van der Waals surface area contributed by atoms with Gasteiger partial charge in [0.2, 0.25) is 5.91 Å². The van der Waals surface area contributed by atoms with Gasteiger partial charge in [-0.15, -0.1) is 11.8 Å². The van der Waals surface area contributed by atoms with E-state index in [4.69, 9.17) is 4.74 Å². The molecule has 0 bridgehead atoms. The number of carbonyl (C=O) groups excluding carboxylic acids is 1. The zero-order valence-corrected chi connectivity index (χ0v) is 14.8. The number of amides is 1. The summed E-state index contributed by atoms with van der Waals surface area (Å²) in [6.45, 7) is 7.76. The molecule has 0 saturated heterocycles. The van der Waals surface area contributed by atoms with Crippen LogP contribution in [0.1, 0.15) is 20.8 Å². The molecular formula is C16H24N2O4S. The fourth-order valence-corrected chi connectivity index (χ4v) is 3.04. The summed E-state index contributed by atoms with van der Waals surface area (Å²) in [4.78, 5) is 25.5. The molecule has 1 unspecified atom stereocenters. The standard InChI is InChI=1S/C16H24N2O4S/c1-12(2)11-17(9-10-22-4)16(19)13(3)23-15-7-5-14(6-8-15)18(20)21/h5-8,12-13H,9-11H2,1-4H3. The minimum absolute atomic E-state index is 0.0508. The van der Waals surface area contributed by atoms with Crippen LogP contribution < -0.4 is 0 Å². The first-order valence-electron chi connectivity index (χ1n) is 7.54. The van der Waals surface area contributed by atoms with Crippen LogP contribution in [0.3, 0.4) is 0 Å². The van der Waals surface area contributed by atoms with Gasteiger partial charge in [0.15, 0.2) is 0 Å². The smallest absolute Gasteiger partial charge is 0.269 e. The molecule has 128 valence electrons. The summed E-state index contributed by atoms with van der Waals surface area (Å²) in [6.07, 6.45) is 0. The van der Waals surface area contributed by atoms with Crippen LogP contribution >= 0.6 is 11.8 Å². The molecule has 0 aromatic heterocycles. The number of nitro groups is 1. The molecule has 0 radical (unpaired) electrons. The third-order valence-electron chi connectivity index (χ3n) is 3.17. The van der Waals surface area contributed by atoms with Crippen molar-refractivity contribution in [2.45, 2.75) is 30.9 Å². The lowest BCUT2D eigenvalue weighted by molar-refractivity contribution is -0.384. The molecular weight excluding hydrogens is 316 g/mol. The van der Waals surface area contributed by atoms with Crippen molar-refractivity contribution in [3.05, 3.63) is 34.4 Å². The molecule has 0 fully saturated rings. The van der Waals surface area contributed by atoms with Gasteiger partial charge in [-0.2, -0.15) is 0 Å². The zero-order valence-electron chi connectivity index (χ0n) is 14.0. The Morgan fingerprint density at radius 2 is 1.91 bits per heavy atom. The molecule has 0 heterocycles. The topological polar surface area (TPSA) is 72.7 Å². The van der Waals surface area contributed by atoms with Crippen LogP contribution in [0.5, 0.6) is 0 Å². The summed E-state index contributed by atoms with van der Waals surface area (Å²) in [7, 11) is 1.62. The van der Waals surface area contributed by atoms with E-state index < -0.39 is 4.92 Å². The highest BCUT2D eigenvalue weighted by Crippen LogP contribution is 2.26. The molecule has 0 spiro atoms. The number of hydrogen-bond acceptors (Lipinski definition) is 5. The van der Waals surface area contributed by atoms with Crippen LogP contribution in [0.4, 0.5) is 5.69 Å². The normalized spacial score (nSPS) is 12.2. The summed E-state index contributed by atoms with van der Waals surface area (Å²) < 4.78 is 5.07. The maximum absolute atomic E-state index is 12.6. The van der Waals surface area contributed by atoms with Gasteiger partial charge in [0, 0.05) is 37.2 Å². The maximum atomic E-state index is 12.6. The van der Waals surface area contributed by atoms with Gasteiger partial charge in [0.25, 0.3) is 5.69 Å². The Bertz CT molecular complexity index is 519. The van der Waals surface area contributed by atoms with Crippen molar-refractivity contribution in [1.29, 1.82) is 0 Å². The van der Waals surface area contributed by atoms with Crippen molar-refractivity contribution in [2.75, 3.05) is 26.8 Å². The molecule has 23 heavy (non-hydrogen) atoms. The lowest BCUT2D eigenvalue weighted by atomic mass is 10.2. The van der Waals surface area contributed by atoms with E-state index in [0.29, 0.717) is 25.6 Å². The second kappa shape index (κ2) is 9.52. The maximum Gasteiger partial charge on any atom is 0.269 e. The quantitative estimate of drug-likeness (QED) is 0.392. The Hall–Kier alpha value is -1.60. The third-order valence-corrected chi connectivity index (χ3v) is 4.27. The minimum Gasteiger partial charge on any atom is -0.383 e. The van der Waals surface area contributed by atoms with Crippen LogP contribution in [0.25, 0.3) is 0 Å². The lowest BCUT2D eigenvalue weighted by Gasteiger charge is -2.27. The molecule has 0 aliphatic rings. The first kappa shape index (κ1) is 19.4. The molecule has 0 aliphatic heterocycles. The molecule has 1 rings (SSSR count). The van der Waals surface area contributed by atoms with Gasteiger partial charge in [0.1, 0.15) is 0 Å². The molecule has 1 amide bonds. The summed E-state index contributed by atoms with van der Waals surface area (Å²) in [6, 6.07) is 6.26. The number of carbonyl (C=O) groups is 1. The van der Waals surface area contributed by atoms with E-state index >= 15 is 0 Å². The second-order valence-electron chi connectivity index (χ2n) is 5.68. The van der Waals surface area contributed by atoms with E-state index in [0.717, 1.165) is 4.90 Å². The first-order valence-corrected chi connectivity index (χ1v) is 8.42. The molecule has 0 N–H and O–H groups in total. The van der Waals surface area contributed by atoms with Gasteiger partial charge < -0.3 is 9.64 Å². The number of hydrogen-bond donors (Lipinski definition) is 0. The van der Waals surface area contributed by atoms with Crippen LogP contribution in [-0.2, 0) is 9.53 Å². The first-order chi connectivity index (χ1) is 10.8. The predicted molar refractivity (Wildman–Crippen MR) is 91.7 cm³/mol. The highest BCUT2D eigenvalue weighted by molar-refractivity contribution is 8.00. The lowest BCUT2D eigenvalue weighted by Crippen LogP contribution is -2.40. The van der Waals surface area contributed by atoms with Crippen LogP contribution in [0.15, 0.2) is 29.2 Å². The number of nitro benzene ring substituents is 1. The summed E-state index contributed by atoms with van der Waals surface area (Å²) in [5.74, 6) is 0.437. The molecule has 1 aromatic rings. The number of methoxy groups -OCH3 is 1. The zero-order chi connectivity index (χ0) is 17.4. The van der Waals surface area contributed by atoms with Crippen molar-refractivity contribution >= 4 is 23.4 Å². The Labute approximate surface area is 141 Å². The van der Waals surface area contributed by atoms with Gasteiger partial charge in [-0.25, -0.2) is 0 Å². The Morgan fingerprint density at radius 1 is 1.30 bits per heavy atom. The van der Waals surface area contributed by atoms with Crippen LogP contribution in [-0.4, -0.2) is 47.8 Å². The van der Waals surface area contributed by atoms with E-state index in [9.17, 15) is 14.9 Å². The Morgan fingerprint density at radius 3 is 2.39 bits per heavy atom. The third kappa shape index (κ3) is 6.58. The van der Waals surface area contributed by atoms with E-state index in [1.165, 1.54) is 23.9 Å². The van der Waals surface area contributed by atoms with E-state index in [1.807, 2.05) is 11.8 Å². The van der Waals surface area contributed by atoms with Gasteiger partial charge in [0.05, 0.1) is 16.8 Å². The van der Waals surface area contributed by atoms with Crippen LogP contribution in [0.2, 0.25) is 0 Å². The highest BCUT2D eigenvalue weighted by atomic mass is 32.2. The minimum atomic E-state index is -0.432. The van der Waals surface area contributed by atoms with Gasteiger partial charge in [-0.05, 0) is 25.0 Å². The molecule has 1 atom stereocenters. The molecule has 0 saturated carbocycles. The average molecular weight is 340 g/mol. The molecule has 6 nitrogen and oxygen atoms in total. The largest absolute Gasteiger partial charge is 0.383 e. The van der Waals surface area contributed by atoms with Crippen molar-refractivity contribution in [1.82, 2.24) is 4.90 Å². The van der Waals surface area contributed by atoms with Crippen molar-refractivity contribution in [2.24, 2.45) is 5.92 Å². The van der Waals surface area contributed by atoms with Gasteiger partial charge >= 0.3 is 0 Å². The predicted octanol–water partition coefficient (Wildman–Crippen LogP) is 3.21. The summed E-state index contributed by atoms with van der Waals surface area (Å²) in [5.41, 5.74) is 0.0508. The monoisotopic (exact) mass is 340 g/mol. The molecule has 0 aliphatic carbocycles. The van der Waals surface area contributed by atoms with Gasteiger partial charge in [-0.1, -0.05) is 13.8 Å². The molecule has 1 aromatic carbocycles. The number of ether oxygens (including phenoxy) is 1. The number of nitrogens with zero attached hydrogens (tertiary/aromatic N) is 2. The van der Waals surface area contributed by atoms with Crippen LogP contribution in [0, 0.1) is 16.0 Å². The number of rotatable bonds is 9. The summed E-state index contributed by atoms with van der Waals surface area (Å²) >= 11 is 1.41.